The van der Waals surface area contributed by atoms with Crippen molar-refractivity contribution in [1.82, 2.24) is 5.16 Å². The maximum atomic E-state index is 12.8. The second-order valence-electron chi connectivity index (χ2n) is 4.04. The van der Waals surface area contributed by atoms with Crippen molar-refractivity contribution in [2.24, 2.45) is 0 Å². The number of rotatable bonds is 3. The van der Waals surface area contributed by atoms with Crippen LogP contribution in [0, 0.1) is 0 Å². The van der Waals surface area contributed by atoms with Gasteiger partial charge in [0.05, 0.1) is 7.11 Å². The van der Waals surface area contributed by atoms with E-state index in [9.17, 15) is 22.8 Å². The number of hydrogen-bond donors (Lipinski definition) is 1. The Labute approximate surface area is 121 Å². The van der Waals surface area contributed by atoms with E-state index in [1.54, 1.807) is 18.2 Å². The number of esters is 1. The van der Waals surface area contributed by atoms with E-state index < -0.39 is 35.2 Å². The van der Waals surface area contributed by atoms with Crippen LogP contribution in [-0.2, 0) is 10.9 Å². The molecule has 0 unspecified atom stereocenters. The minimum Gasteiger partial charge on any atom is -0.465 e. The van der Waals surface area contributed by atoms with E-state index in [0.717, 1.165) is 7.11 Å². The highest BCUT2D eigenvalue weighted by molar-refractivity contribution is 6.07. The van der Waals surface area contributed by atoms with Crippen LogP contribution >= 0.6 is 0 Å². The molecule has 0 fully saturated rings. The summed E-state index contributed by atoms with van der Waals surface area (Å²) in [7, 11) is 0.901. The molecule has 2 rings (SSSR count). The number of anilines is 1. The predicted octanol–water partition coefficient (Wildman–Crippen LogP) is 2.73. The largest absolute Gasteiger partial charge is 0.465 e. The summed E-state index contributed by atoms with van der Waals surface area (Å²) in [5.74, 6) is -2.81. The Kier molecular flexibility index (Phi) is 4.15. The molecule has 2 aromatic rings. The van der Waals surface area contributed by atoms with E-state index in [2.05, 4.69) is 19.7 Å². The second kappa shape index (κ2) is 5.88. The molecule has 1 amide bonds. The molecule has 1 N–H and O–H groups in total. The highest BCUT2D eigenvalue weighted by Crippen LogP contribution is 2.35. The lowest BCUT2D eigenvalue weighted by molar-refractivity contribution is -0.143. The SMILES string of the molecule is COC(=O)c1c(C(F)(F)F)noc1NC(=O)c1ccccc1. The summed E-state index contributed by atoms with van der Waals surface area (Å²) in [5, 5.41) is 4.85. The monoisotopic (exact) mass is 314 g/mol. The van der Waals surface area contributed by atoms with Crippen molar-refractivity contribution in [1.29, 1.82) is 0 Å². The molecule has 0 saturated carbocycles. The van der Waals surface area contributed by atoms with E-state index in [1.807, 2.05) is 0 Å². The van der Waals surface area contributed by atoms with Gasteiger partial charge in [-0.15, -0.1) is 0 Å². The van der Waals surface area contributed by atoms with Crippen molar-refractivity contribution >= 4 is 17.8 Å². The molecule has 9 heteroatoms. The molecule has 0 aliphatic heterocycles. The normalized spacial score (nSPS) is 11.1. The number of halogens is 3. The number of hydrogen-bond acceptors (Lipinski definition) is 5. The summed E-state index contributed by atoms with van der Waals surface area (Å²) in [4.78, 5) is 23.4. The van der Waals surface area contributed by atoms with Crippen molar-refractivity contribution in [3.8, 4) is 0 Å². The van der Waals surface area contributed by atoms with Crippen molar-refractivity contribution in [3.63, 3.8) is 0 Å². The molecule has 0 aliphatic carbocycles. The van der Waals surface area contributed by atoms with E-state index >= 15 is 0 Å². The molecule has 1 aromatic carbocycles. The Hall–Kier alpha value is -2.84. The Balaban J connectivity index is 2.38. The fourth-order valence-electron chi connectivity index (χ4n) is 1.63. The summed E-state index contributed by atoms with van der Waals surface area (Å²) in [6, 6.07) is 7.67. The summed E-state index contributed by atoms with van der Waals surface area (Å²) in [5.41, 5.74) is -2.38. The van der Waals surface area contributed by atoms with Crippen LogP contribution in [0.4, 0.5) is 19.1 Å². The molecule has 0 spiro atoms. The van der Waals surface area contributed by atoms with Gasteiger partial charge in [-0.2, -0.15) is 13.2 Å². The first-order valence-electron chi connectivity index (χ1n) is 5.86. The molecule has 22 heavy (non-hydrogen) atoms. The number of amides is 1. The number of ether oxygens (including phenoxy) is 1. The zero-order chi connectivity index (χ0) is 16.3. The van der Waals surface area contributed by atoms with Gasteiger partial charge >= 0.3 is 12.1 Å². The highest BCUT2D eigenvalue weighted by Gasteiger charge is 2.42. The standard InChI is InChI=1S/C13H9F3N2O4/c1-21-12(20)8-9(13(14,15)16)18-22-11(8)17-10(19)7-5-3-2-4-6-7/h2-6H,1H3,(H,17,19). The zero-order valence-corrected chi connectivity index (χ0v) is 11.1. The molecule has 1 heterocycles. The molecule has 116 valence electrons. The molecular formula is C13H9F3N2O4. The average Bonchev–Trinajstić information content (AvgIpc) is 2.91. The lowest BCUT2D eigenvalue weighted by Crippen LogP contribution is -2.17. The van der Waals surface area contributed by atoms with Crippen LogP contribution in [-0.4, -0.2) is 24.1 Å². The van der Waals surface area contributed by atoms with Crippen molar-refractivity contribution in [2.45, 2.75) is 6.18 Å². The predicted molar refractivity (Wildman–Crippen MR) is 67.2 cm³/mol. The Bertz CT molecular complexity index is 695. The van der Waals surface area contributed by atoms with Gasteiger partial charge in [0.1, 0.15) is 0 Å². The molecule has 0 radical (unpaired) electrons. The number of carbonyl (C=O) groups is 2. The minimum atomic E-state index is -4.93. The first-order chi connectivity index (χ1) is 10.3. The molecule has 1 aromatic heterocycles. The topological polar surface area (TPSA) is 81.4 Å². The number of alkyl halides is 3. The van der Waals surface area contributed by atoms with Crippen molar-refractivity contribution < 1.29 is 32.0 Å². The minimum absolute atomic E-state index is 0.170. The number of carbonyl (C=O) groups excluding carboxylic acids is 2. The van der Waals surface area contributed by atoms with Crippen molar-refractivity contribution in [3.05, 3.63) is 47.2 Å². The first kappa shape index (κ1) is 15.5. The van der Waals surface area contributed by atoms with Crippen LogP contribution in [0.1, 0.15) is 26.4 Å². The van der Waals surface area contributed by atoms with Gasteiger partial charge in [-0.25, -0.2) is 4.79 Å². The lowest BCUT2D eigenvalue weighted by Gasteiger charge is -2.06. The van der Waals surface area contributed by atoms with Gasteiger partial charge in [-0.05, 0) is 12.1 Å². The molecular weight excluding hydrogens is 305 g/mol. The van der Waals surface area contributed by atoms with Crippen LogP contribution in [0.5, 0.6) is 0 Å². The smallest absolute Gasteiger partial charge is 0.437 e. The molecule has 0 saturated heterocycles. The summed E-state index contributed by atoms with van der Waals surface area (Å²) in [6.45, 7) is 0. The maximum absolute atomic E-state index is 12.8. The number of benzene rings is 1. The number of aromatic nitrogens is 1. The van der Waals surface area contributed by atoms with Gasteiger partial charge in [-0.3, -0.25) is 10.1 Å². The average molecular weight is 314 g/mol. The van der Waals surface area contributed by atoms with Crippen LogP contribution in [0.3, 0.4) is 0 Å². The van der Waals surface area contributed by atoms with Gasteiger partial charge in [-0.1, -0.05) is 23.4 Å². The Morgan fingerprint density at radius 3 is 2.41 bits per heavy atom. The number of nitrogens with one attached hydrogen (secondary N) is 1. The van der Waals surface area contributed by atoms with Gasteiger partial charge < -0.3 is 9.26 Å². The van der Waals surface area contributed by atoms with Crippen LogP contribution in [0.15, 0.2) is 34.9 Å². The van der Waals surface area contributed by atoms with Gasteiger partial charge in [0, 0.05) is 5.56 Å². The first-order valence-corrected chi connectivity index (χ1v) is 5.86. The van der Waals surface area contributed by atoms with Crippen molar-refractivity contribution in [2.75, 3.05) is 12.4 Å². The molecule has 0 atom stereocenters. The summed E-state index contributed by atoms with van der Waals surface area (Å²) >= 11 is 0. The van der Waals surface area contributed by atoms with E-state index in [-0.39, 0.29) is 5.56 Å². The quantitative estimate of drug-likeness (QED) is 0.881. The third-order valence-electron chi connectivity index (χ3n) is 2.61. The highest BCUT2D eigenvalue weighted by atomic mass is 19.4. The van der Waals surface area contributed by atoms with Crippen LogP contribution in [0.2, 0.25) is 0 Å². The summed E-state index contributed by atoms with van der Waals surface area (Å²) < 4.78 is 47.0. The van der Waals surface area contributed by atoms with Gasteiger partial charge in [0.2, 0.25) is 11.6 Å². The maximum Gasteiger partial charge on any atom is 0.437 e. The van der Waals surface area contributed by atoms with E-state index in [0.29, 0.717) is 0 Å². The fourth-order valence-corrected chi connectivity index (χ4v) is 1.63. The molecule has 6 nitrogen and oxygen atoms in total. The third kappa shape index (κ3) is 3.08. The zero-order valence-electron chi connectivity index (χ0n) is 11.1. The van der Waals surface area contributed by atoms with Gasteiger partial charge in [0.15, 0.2) is 5.56 Å². The molecule has 0 aliphatic rings. The number of methoxy groups -OCH3 is 1. The number of nitrogens with zero attached hydrogens (tertiary/aromatic N) is 1. The van der Waals surface area contributed by atoms with Crippen LogP contribution in [0.25, 0.3) is 0 Å². The molecule has 0 bridgehead atoms. The van der Waals surface area contributed by atoms with Crippen LogP contribution < -0.4 is 5.32 Å². The second-order valence-corrected chi connectivity index (χ2v) is 4.04. The van der Waals surface area contributed by atoms with E-state index in [4.69, 9.17) is 0 Å². The fraction of sp³-hybridized carbons (Fsp3) is 0.154. The third-order valence-corrected chi connectivity index (χ3v) is 2.61. The van der Waals surface area contributed by atoms with E-state index in [1.165, 1.54) is 12.1 Å². The summed E-state index contributed by atoms with van der Waals surface area (Å²) in [6.07, 6.45) is -4.93. The lowest BCUT2D eigenvalue weighted by atomic mass is 10.2. The van der Waals surface area contributed by atoms with Gasteiger partial charge in [0.25, 0.3) is 5.91 Å². The Morgan fingerprint density at radius 2 is 1.86 bits per heavy atom. The Morgan fingerprint density at radius 1 is 1.23 bits per heavy atom.